The maximum absolute atomic E-state index is 12.9. The summed E-state index contributed by atoms with van der Waals surface area (Å²) in [5.41, 5.74) is 6.94. The van der Waals surface area contributed by atoms with Crippen LogP contribution in [-0.4, -0.2) is 55.7 Å². The van der Waals surface area contributed by atoms with Crippen LogP contribution in [0.1, 0.15) is 12.0 Å². The minimum absolute atomic E-state index is 0.142. The Kier molecular flexibility index (Phi) is 9.56. The van der Waals surface area contributed by atoms with Crippen LogP contribution in [0.3, 0.4) is 0 Å². The molecule has 0 aliphatic heterocycles. The minimum atomic E-state index is -3.73. The van der Waals surface area contributed by atoms with Gasteiger partial charge in [0.05, 0.1) is 22.2 Å². The Morgan fingerprint density at radius 2 is 1.82 bits per heavy atom. The third kappa shape index (κ3) is 8.02. The quantitative estimate of drug-likeness (QED) is 0.161. The summed E-state index contributed by atoms with van der Waals surface area (Å²) < 4.78 is 34.3. The van der Waals surface area contributed by atoms with Crippen LogP contribution in [0, 0.1) is 5.92 Å². The van der Waals surface area contributed by atoms with E-state index in [4.69, 9.17) is 10.5 Å². The van der Waals surface area contributed by atoms with Gasteiger partial charge in [-0.2, -0.15) is 0 Å². The lowest BCUT2D eigenvalue weighted by atomic mass is 10.1. The third-order valence-corrected chi connectivity index (χ3v) is 8.80. The van der Waals surface area contributed by atoms with Gasteiger partial charge in [0.25, 0.3) is 0 Å². The number of thioether (sulfide) groups is 1. The van der Waals surface area contributed by atoms with E-state index >= 15 is 0 Å². The number of nitrogens with zero attached hydrogens (tertiary/aromatic N) is 3. The van der Waals surface area contributed by atoms with E-state index in [1.807, 2.05) is 6.26 Å². The van der Waals surface area contributed by atoms with E-state index in [9.17, 15) is 13.2 Å². The van der Waals surface area contributed by atoms with Crippen LogP contribution < -0.4 is 25.8 Å². The highest BCUT2D eigenvalue weighted by molar-refractivity contribution is 7.98. The van der Waals surface area contributed by atoms with E-state index < -0.39 is 15.9 Å². The lowest BCUT2D eigenvalue weighted by Gasteiger charge is -2.16. The van der Waals surface area contributed by atoms with Gasteiger partial charge in [-0.25, -0.2) is 28.1 Å². The molecule has 0 aliphatic rings. The average Bonchev–Trinajstić information content (AvgIpc) is 3.36. The first-order chi connectivity index (χ1) is 18.8. The fourth-order valence-corrected chi connectivity index (χ4v) is 5.98. The van der Waals surface area contributed by atoms with Crippen molar-refractivity contribution in [1.82, 2.24) is 19.7 Å². The number of hydrogen-bond acceptors (Lipinski definition) is 11. The molecule has 0 spiro atoms. The molecule has 1 unspecified atom stereocenters. The molecule has 39 heavy (non-hydrogen) atoms. The second kappa shape index (κ2) is 13.1. The van der Waals surface area contributed by atoms with Gasteiger partial charge in [-0.1, -0.05) is 23.5 Å². The number of methoxy groups -OCH3 is 1. The van der Waals surface area contributed by atoms with Gasteiger partial charge in [-0.05, 0) is 42.2 Å². The summed E-state index contributed by atoms with van der Waals surface area (Å²) in [6, 6.07) is 12.0. The molecule has 0 saturated carbocycles. The molecule has 2 heterocycles. The normalized spacial score (nSPS) is 12.3. The summed E-state index contributed by atoms with van der Waals surface area (Å²) in [6.07, 6.45) is 5.57. The molecule has 0 radical (unpaired) electrons. The maximum Gasteiger partial charge on any atom is 0.240 e. The first-order valence-corrected chi connectivity index (χ1v) is 15.4. The molecule has 1 atom stereocenters. The maximum atomic E-state index is 12.9. The molecule has 0 aliphatic carbocycles. The summed E-state index contributed by atoms with van der Waals surface area (Å²) in [5, 5.41) is 7.00. The third-order valence-electron chi connectivity index (χ3n) is 5.74. The number of aromatic nitrogens is 3. The summed E-state index contributed by atoms with van der Waals surface area (Å²) in [5.74, 6) is 0.616. The lowest BCUT2D eigenvalue weighted by Crippen LogP contribution is -2.28. The summed E-state index contributed by atoms with van der Waals surface area (Å²) in [4.78, 5) is 25.8. The molecule has 1 amide bonds. The smallest absolute Gasteiger partial charge is 0.240 e. The molecule has 2 aromatic heterocycles. The number of ether oxygens (including phenoxy) is 1. The molecule has 0 bridgehead atoms. The first kappa shape index (κ1) is 28.5. The largest absolute Gasteiger partial charge is 0.497 e. The van der Waals surface area contributed by atoms with Crippen LogP contribution in [0.25, 0.3) is 10.2 Å². The van der Waals surface area contributed by atoms with E-state index in [0.717, 1.165) is 15.2 Å². The molecule has 4 rings (SSSR count). The molecule has 14 heteroatoms. The van der Waals surface area contributed by atoms with Gasteiger partial charge in [-0.15, -0.1) is 11.8 Å². The van der Waals surface area contributed by atoms with Crippen molar-refractivity contribution in [3.05, 3.63) is 60.4 Å². The number of primary amides is 1. The topological polar surface area (TPSA) is 161 Å². The molecular formula is C25H29N7O4S3. The highest BCUT2D eigenvalue weighted by Gasteiger charge is 2.17. The Labute approximate surface area is 235 Å². The number of carbonyl (C=O) groups is 1. The second-order valence-electron chi connectivity index (χ2n) is 8.57. The molecule has 206 valence electrons. The van der Waals surface area contributed by atoms with Crippen molar-refractivity contribution in [3.63, 3.8) is 0 Å². The number of carbonyl (C=O) groups excluding carboxylic acids is 1. The van der Waals surface area contributed by atoms with Crippen molar-refractivity contribution in [3.8, 4) is 5.75 Å². The number of benzene rings is 2. The Balaban J connectivity index is 1.38. The van der Waals surface area contributed by atoms with Gasteiger partial charge in [0.2, 0.25) is 21.9 Å². The number of nitrogens with two attached hydrogens (primary N) is 1. The molecule has 4 aromatic rings. The standard InChI is InChI=1S/C25H29N7O4S3/c1-36-18-5-3-16(4-6-18)13-31-39(34,35)20-7-8-21-22(10-20)38-25(32-21)30-12-17(9-23(26)33)11-27-24-28-14-19(37-2)15-29-24/h3-8,10,14-15,17,31H,9,11-13H2,1-2H3,(H2,26,33)(H,30,32)(H,27,28,29). The number of fused-ring (bicyclic) bond motifs is 1. The van der Waals surface area contributed by atoms with Gasteiger partial charge >= 0.3 is 0 Å². The van der Waals surface area contributed by atoms with Crippen LogP contribution in [0.5, 0.6) is 5.75 Å². The zero-order valence-corrected chi connectivity index (χ0v) is 23.8. The van der Waals surface area contributed by atoms with Crippen molar-refractivity contribution in [1.29, 1.82) is 0 Å². The molecule has 0 fully saturated rings. The Morgan fingerprint density at radius 3 is 2.49 bits per heavy atom. The van der Waals surface area contributed by atoms with Crippen LogP contribution >= 0.6 is 23.1 Å². The van der Waals surface area contributed by atoms with Crippen LogP contribution in [0.4, 0.5) is 11.1 Å². The zero-order chi connectivity index (χ0) is 27.8. The highest BCUT2D eigenvalue weighted by atomic mass is 32.2. The number of amides is 1. The predicted molar refractivity (Wildman–Crippen MR) is 155 cm³/mol. The van der Waals surface area contributed by atoms with Crippen molar-refractivity contribution in [2.75, 3.05) is 37.1 Å². The van der Waals surface area contributed by atoms with Gasteiger partial charge in [0.15, 0.2) is 5.13 Å². The van der Waals surface area contributed by atoms with E-state index in [1.165, 1.54) is 17.4 Å². The predicted octanol–water partition coefficient (Wildman–Crippen LogP) is 3.31. The summed E-state index contributed by atoms with van der Waals surface area (Å²) >= 11 is 2.89. The number of anilines is 2. The molecule has 2 aromatic carbocycles. The van der Waals surface area contributed by atoms with Crippen LogP contribution in [-0.2, 0) is 21.4 Å². The van der Waals surface area contributed by atoms with Crippen LogP contribution in [0.15, 0.2) is 64.6 Å². The van der Waals surface area contributed by atoms with Gasteiger partial charge in [0.1, 0.15) is 5.75 Å². The van der Waals surface area contributed by atoms with Gasteiger partial charge < -0.3 is 21.1 Å². The number of rotatable bonds is 14. The number of thiazole rings is 1. The zero-order valence-electron chi connectivity index (χ0n) is 21.4. The fourth-order valence-electron chi connectivity index (χ4n) is 3.63. The molecular weight excluding hydrogens is 559 g/mol. The van der Waals surface area contributed by atoms with Crippen molar-refractivity contribution in [2.24, 2.45) is 11.7 Å². The van der Waals surface area contributed by atoms with Gasteiger partial charge in [-0.3, -0.25) is 4.79 Å². The summed E-state index contributed by atoms with van der Waals surface area (Å²) in [6.45, 7) is 1.01. The average molecular weight is 588 g/mol. The summed E-state index contributed by atoms with van der Waals surface area (Å²) in [7, 11) is -2.15. The molecule has 11 nitrogen and oxygen atoms in total. The lowest BCUT2D eigenvalue weighted by molar-refractivity contribution is -0.118. The SMILES string of the molecule is COc1ccc(CNS(=O)(=O)c2ccc3nc(NCC(CNc4ncc(SC)cn4)CC(N)=O)sc3c2)cc1. The Morgan fingerprint density at radius 1 is 1.10 bits per heavy atom. The van der Waals surface area contributed by atoms with E-state index in [1.54, 1.807) is 67.7 Å². The number of hydrogen-bond donors (Lipinski definition) is 4. The minimum Gasteiger partial charge on any atom is -0.497 e. The van der Waals surface area contributed by atoms with Crippen molar-refractivity contribution >= 4 is 60.3 Å². The van der Waals surface area contributed by atoms with Crippen molar-refractivity contribution < 1.29 is 17.9 Å². The molecule has 5 N–H and O–H groups in total. The number of nitrogens with one attached hydrogen (secondary N) is 3. The van der Waals surface area contributed by atoms with Crippen LogP contribution in [0.2, 0.25) is 0 Å². The van der Waals surface area contributed by atoms with Gasteiger partial charge in [0, 0.05) is 49.3 Å². The molecule has 0 saturated heterocycles. The van der Waals surface area contributed by atoms with E-state index in [-0.39, 0.29) is 23.8 Å². The first-order valence-electron chi connectivity index (χ1n) is 11.9. The highest BCUT2D eigenvalue weighted by Crippen LogP contribution is 2.28. The number of sulfonamides is 1. The Hall–Kier alpha value is -3.46. The van der Waals surface area contributed by atoms with E-state index in [2.05, 4.69) is 30.3 Å². The second-order valence-corrected chi connectivity index (χ2v) is 12.2. The van der Waals surface area contributed by atoms with E-state index in [0.29, 0.717) is 35.4 Å². The van der Waals surface area contributed by atoms with Crippen molar-refractivity contribution in [2.45, 2.75) is 22.8 Å². The monoisotopic (exact) mass is 587 g/mol. The fraction of sp³-hybridized carbons (Fsp3) is 0.280. The Bertz CT molecular complexity index is 1510.